The lowest BCUT2D eigenvalue weighted by molar-refractivity contribution is -0.147. The predicted molar refractivity (Wildman–Crippen MR) is 60.1 cm³/mol. The number of amides is 1. The number of hydrogen-bond acceptors (Lipinski definition) is 3. The minimum absolute atomic E-state index is 0.00146. The number of carbonyl (C=O) groups excluding carboxylic acids is 1. The second-order valence-electron chi connectivity index (χ2n) is 4.61. The lowest BCUT2D eigenvalue weighted by Gasteiger charge is -2.20. The van der Waals surface area contributed by atoms with Crippen molar-refractivity contribution in [3.05, 3.63) is 0 Å². The molecule has 0 bridgehead atoms. The van der Waals surface area contributed by atoms with E-state index in [1.54, 1.807) is 11.8 Å². The van der Waals surface area contributed by atoms with Crippen molar-refractivity contribution in [1.82, 2.24) is 10.2 Å². The zero-order valence-electron chi connectivity index (χ0n) is 9.95. The Kier molecular flexibility index (Phi) is 4.29. The molecule has 1 heterocycles. The van der Waals surface area contributed by atoms with Gasteiger partial charge in [-0.2, -0.15) is 0 Å². The van der Waals surface area contributed by atoms with Gasteiger partial charge >= 0.3 is 5.97 Å². The summed E-state index contributed by atoms with van der Waals surface area (Å²) in [5, 5.41) is 12.1. The summed E-state index contributed by atoms with van der Waals surface area (Å²) >= 11 is 0. The highest BCUT2D eigenvalue weighted by atomic mass is 16.4. The van der Waals surface area contributed by atoms with Crippen LogP contribution < -0.4 is 5.32 Å². The number of carboxylic acid groups (broad SMARTS) is 1. The fourth-order valence-corrected chi connectivity index (χ4v) is 1.83. The quantitative estimate of drug-likeness (QED) is 0.664. The van der Waals surface area contributed by atoms with Crippen LogP contribution in [0, 0.1) is 5.41 Å². The third-order valence-corrected chi connectivity index (χ3v) is 3.05. The van der Waals surface area contributed by atoms with Gasteiger partial charge in [0.05, 0.1) is 12.0 Å². The van der Waals surface area contributed by atoms with Crippen LogP contribution in [-0.4, -0.2) is 48.1 Å². The van der Waals surface area contributed by atoms with Crippen molar-refractivity contribution in [1.29, 1.82) is 0 Å². The van der Waals surface area contributed by atoms with Crippen LogP contribution in [0.4, 0.5) is 0 Å². The highest BCUT2D eigenvalue weighted by Gasteiger charge is 2.41. The largest absolute Gasteiger partial charge is 0.481 e. The van der Waals surface area contributed by atoms with Gasteiger partial charge in [0, 0.05) is 13.1 Å². The summed E-state index contributed by atoms with van der Waals surface area (Å²) in [6, 6.07) is 0. The van der Waals surface area contributed by atoms with E-state index in [2.05, 4.69) is 5.32 Å². The van der Waals surface area contributed by atoms with E-state index in [0.29, 0.717) is 26.1 Å². The van der Waals surface area contributed by atoms with Crippen LogP contribution in [0.5, 0.6) is 0 Å². The number of nitrogens with zero attached hydrogens (tertiary/aromatic N) is 1. The Hall–Kier alpha value is -1.10. The average molecular weight is 228 g/mol. The molecule has 5 nitrogen and oxygen atoms in total. The van der Waals surface area contributed by atoms with Crippen molar-refractivity contribution < 1.29 is 14.7 Å². The molecule has 16 heavy (non-hydrogen) atoms. The maximum Gasteiger partial charge on any atom is 0.311 e. The second-order valence-corrected chi connectivity index (χ2v) is 4.61. The number of hydrogen-bond donors (Lipinski definition) is 2. The highest BCUT2D eigenvalue weighted by Crippen LogP contribution is 2.29. The van der Waals surface area contributed by atoms with Crippen LogP contribution in [0.3, 0.4) is 0 Å². The normalized spacial score (nSPS) is 24.8. The molecule has 1 saturated heterocycles. The van der Waals surface area contributed by atoms with E-state index in [-0.39, 0.29) is 5.91 Å². The van der Waals surface area contributed by atoms with Gasteiger partial charge in [0.25, 0.3) is 0 Å². The summed E-state index contributed by atoms with van der Waals surface area (Å²) in [4.78, 5) is 24.3. The maximum absolute atomic E-state index is 11.7. The summed E-state index contributed by atoms with van der Waals surface area (Å²) in [6.07, 6.45) is 1.53. The van der Waals surface area contributed by atoms with Crippen LogP contribution in [0.25, 0.3) is 0 Å². The Balaban J connectivity index is 2.41. The van der Waals surface area contributed by atoms with Crippen LogP contribution in [0.2, 0.25) is 0 Å². The Bertz CT molecular complexity index is 280. The lowest BCUT2D eigenvalue weighted by atomic mass is 9.90. The number of aliphatic carboxylic acids is 1. The Morgan fingerprint density at radius 2 is 2.19 bits per heavy atom. The van der Waals surface area contributed by atoms with E-state index in [1.165, 1.54) is 0 Å². The van der Waals surface area contributed by atoms with Crippen LogP contribution >= 0.6 is 0 Å². The molecule has 1 unspecified atom stereocenters. The SMILES string of the molecule is CCCNCC(=O)N1CCC(C)(C(=O)O)C1. The first-order valence-corrected chi connectivity index (χ1v) is 5.71. The smallest absolute Gasteiger partial charge is 0.311 e. The molecule has 1 rings (SSSR count). The molecule has 0 aromatic carbocycles. The van der Waals surface area contributed by atoms with Gasteiger partial charge in [-0.3, -0.25) is 9.59 Å². The van der Waals surface area contributed by atoms with Crippen molar-refractivity contribution in [2.24, 2.45) is 5.41 Å². The number of likely N-dealkylation sites (tertiary alicyclic amines) is 1. The summed E-state index contributed by atoms with van der Waals surface area (Å²) in [5.41, 5.74) is -0.763. The van der Waals surface area contributed by atoms with E-state index < -0.39 is 11.4 Å². The Morgan fingerprint density at radius 3 is 2.69 bits per heavy atom. The molecule has 92 valence electrons. The predicted octanol–water partition coefficient (Wildman–Crippen LogP) is 0.309. The van der Waals surface area contributed by atoms with E-state index in [1.807, 2.05) is 6.92 Å². The van der Waals surface area contributed by atoms with Crippen molar-refractivity contribution in [2.45, 2.75) is 26.7 Å². The minimum atomic E-state index is -0.815. The molecule has 0 spiro atoms. The molecule has 0 aromatic rings. The van der Waals surface area contributed by atoms with Crippen LogP contribution in [-0.2, 0) is 9.59 Å². The molecule has 0 aliphatic carbocycles. The van der Waals surface area contributed by atoms with Crippen molar-refractivity contribution in [3.63, 3.8) is 0 Å². The fraction of sp³-hybridized carbons (Fsp3) is 0.818. The first kappa shape index (κ1) is 13.0. The van der Waals surface area contributed by atoms with Crippen molar-refractivity contribution >= 4 is 11.9 Å². The number of rotatable bonds is 5. The molecule has 1 fully saturated rings. The topological polar surface area (TPSA) is 69.6 Å². The average Bonchev–Trinajstić information content (AvgIpc) is 2.63. The summed E-state index contributed by atoms with van der Waals surface area (Å²) in [7, 11) is 0. The number of carboxylic acids is 1. The van der Waals surface area contributed by atoms with E-state index in [4.69, 9.17) is 5.11 Å². The van der Waals surface area contributed by atoms with Crippen molar-refractivity contribution in [2.75, 3.05) is 26.2 Å². The molecular weight excluding hydrogens is 208 g/mol. The van der Waals surface area contributed by atoms with Gasteiger partial charge in [0.2, 0.25) is 5.91 Å². The Morgan fingerprint density at radius 1 is 1.50 bits per heavy atom. The molecule has 0 saturated carbocycles. The van der Waals surface area contributed by atoms with Gasteiger partial charge in [-0.25, -0.2) is 0 Å². The van der Waals surface area contributed by atoms with Gasteiger partial charge in [-0.1, -0.05) is 6.92 Å². The van der Waals surface area contributed by atoms with Gasteiger partial charge in [0.1, 0.15) is 0 Å². The second kappa shape index (κ2) is 5.30. The van der Waals surface area contributed by atoms with Gasteiger partial charge in [-0.05, 0) is 26.3 Å². The summed E-state index contributed by atoms with van der Waals surface area (Å²) in [5.74, 6) is -0.817. The molecule has 1 amide bonds. The molecule has 5 heteroatoms. The van der Waals surface area contributed by atoms with Crippen LogP contribution in [0.15, 0.2) is 0 Å². The zero-order chi connectivity index (χ0) is 12.2. The van der Waals surface area contributed by atoms with E-state index in [0.717, 1.165) is 13.0 Å². The third kappa shape index (κ3) is 2.95. The first-order chi connectivity index (χ1) is 7.49. The molecule has 1 aliphatic rings. The molecule has 1 atom stereocenters. The molecule has 0 radical (unpaired) electrons. The summed E-state index contributed by atoms with van der Waals surface area (Å²) < 4.78 is 0. The Labute approximate surface area is 95.8 Å². The molecule has 2 N–H and O–H groups in total. The number of carbonyl (C=O) groups is 2. The highest BCUT2D eigenvalue weighted by molar-refractivity contribution is 5.81. The van der Waals surface area contributed by atoms with E-state index in [9.17, 15) is 9.59 Å². The monoisotopic (exact) mass is 228 g/mol. The first-order valence-electron chi connectivity index (χ1n) is 5.71. The zero-order valence-corrected chi connectivity index (χ0v) is 9.95. The van der Waals surface area contributed by atoms with E-state index >= 15 is 0 Å². The fourth-order valence-electron chi connectivity index (χ4n) is 1.83. The molecule has 0 aromatic heterocycles. The molecule has 1 aliphatic heterocycles. The third-order valence-electron chi connectivity index (χ3n) is 3.05. The molecular formula is C11H20N2O3. The maximum atomic E-state index is 11.7. The van der Waals surface area contributed by atoms with Crippen LogP contribution in [0.1, 0.15) is 26.7 Å². The van der Waals surface area contributed by atoms with Gasteiger partial charge in [0.15, 0.2) is 0 Å². The van der Waals surface area contributed by atoms with Gasteiger partial charge < -0.3 is 15.3 Å². The summed E-state index contributed by atoms with van der Waals surface area (Å²) in [6.45, 7) is 5.74. The number of nitrogens with one attached hydrogen (secondary N) is 1. The lowest BCUT2D eigenvalue weighted by Crippen LogP contribution is -2.39. The van der Waals surface area contributed by atoms with Gasteiger partial charge in [-0.15, -0.1) is 0 Å². The standard InChI is InChI=1S/C11H20N2O3/c1-3-5-12-7-9(14)13-6-4-11(2,8-13)10(15)16/h12H,3-8H2,1-2H3,(H,15,16). The minimum Gasteiger partial charge on any atom is -0.481 e. The van der Waals surface area contributed by atoms with Crippen molar-refractivity contribution in [3.8, 4) is 0 Å².